The van der Waals surface area contributed by atoms with Gasteiger partial charge in [-0.3, -0.25) is 9.59 Å². The lowest BCUT2D eigenvalue weighted by Crippen LogP contribution is -2.41. The highest BCUT2D eigenvalue weighted by Crippen LogP contribution is 2.17. The van der Waals surface area contributed by atoms with Crippen LogP contribution in [0.5, 0.6) is 11.5 Å². The largest absolute Gasteiger partial charge is 0.494 e. The summed E-state index contributed by atoms with van der Waals surface area (Å²) < 4.78 is 10.5. The number of benzene rings is 1. The molecule has 0 aliphatic rings. The first-order valence-corrected chi connectivity index (χ1v) is 6.12. The number of ether oxygens (including phenoxy) is 2. The molecule has 0 bridgehead atoms. The summed E-state index contributed by atoms with van der Waals surface area (Å²) in [5.74, 6) is -0.121. The number of rotatable bonds is 8. The molecule has 0 aliphatic heterocycles. The molecular weight excluding hydrogens is 264 g/mol. The topological polar surface area (TPSA) is 111 Å². The van der Waals surface area contributed by atoms with Gasteiger partial charge < -0.3 is 25.6 Å². The van der Waals surface area contributed by atoms with E-state index >= 15 is 0 Å². The highest BCUT2D eigenvalue weighted by atomic mass is 16.5. The van der Waals surface area contributed by atoms with Crippen molar-refractivity contribution in [2.24, 2.45) is 5.73 Å². The van der Waals surface area contributed by atoms with Crippen LogP contribution in [0.2, 0.25) is 0 Å². The fourth-order valence-corrected chi connectivity index (χ4v) is 1.31. The molecule has 0 saturated heterocycles. The molecule has 1 aromatic carbocycles. The Balaban J connectivity index is 2.31. The van der Waals surface area contributed by atoms with Crippen molar-refractivity contribution in [2.75, 3.05) is 19.8 Å². The van der Waals surface area contributed by atoms with Crippen LogP contribution in [0.4, 0.5) is 0 Å². The first-order chi connectivity index (χ1) is 9.52. The second-order valence-electron chi connectivity index (χ2n) is 3.92. The van der Waals surface area contributed by atoms with Crippen molar-refractivity contribution < 1.29 is 24.2 Å². The molecule has 0 radical (unpaired) electrons. The lowest BCUT2D eigenvalue weighted by molar-refractivity contribution is -0.127. The van der Waals surface area contributed by atoms with Gasteiger partial charge in [0.2, 0.25) is 5.91 Å². The maximum absolute atomic E-state index is 11.4. The molecule has 2 amide bonds. The van der Waals surface area contributed by atoms with Crippen LogP contribution in [0.25, 0.3) is 0 Å². The molecule has 7 nitrogen and oxygen atoms in total. The van der Waals surface area contributed by atoms with E-state index < -0.39 is 17.9 Å². The summed E-state index contributed by atoms with van der Waals surface area (Å²) in [6.45, 7) is 2.00. The molecular formula is C13H18N2O5. The highest BCUT2D eigenvalue weighted by Gasteiger charge is 2.12. The van der Waals surface area contributed by atoms with Crippen molar-refractivity contribution in [3.8, 4) is 11.5 Å². The molecule has 20 heavy (non-hydrogen) atoms. The molecule has 110 valence electrons. The zero-order valence-electron chi connectivity index (χ0n) is 11.2. The molecule has 0 fully saturated rings. The van der Waals surface area contributed by atoms with E-state index in [9.17, 15) is 9.59 Å². The molecule has 0 saturated carbocycles. The standard InChI is InChI=1S/C13H18N2O5/c1-2-19-9-3-5-10(6-4-9)20-8-12(17)15-7-11(16)13(14)18/h3-6,11,16H,2,7-8H2,1H3,(H2,14,18)(H,15,17). The van der Waals surface area contributed by atoms with E-state index in [1.54, 1.807) is 24.3 Å². The normalized spacial score (nSPS) is 11.5. The van der Waals surface area contributed by atoms with Gasteiger partial charge in [0.1, 0.15) is 17.6 Å². The van der Waals surface area contributed by atoms with Crippen LogP contribution in [-0.2, 0) is 9.59 Å². The van der Waals surface area contributed by atoms with Gasteiger partial charge in [0.05, 0.1) is 13.2 Å². The Morgan fingerprint density at radius 3 is 2.30 bits per heavy atom. The summed E-state index contributed by atoms with van der Waals surface area (Å²) in [5, 5.41) is 11.4. The number of nitrogens with one attached hydrogen (secondary N) is 1. The average Bonchev–Trinajstić information content (AvgIpc) is 2.44. The number of primary amides is 1. The number of aliphatic hydroxyl groups is 1. The van der Waals surface area contributed by atoms with Crippen LogP contribution in [0.15, 0.2) is 24.3 Å². The Hall–Kier alpha value is -2.28. The molecule has 1 atom stereocenters. The van der Waals surface area contributed by atoms with Crippen molar-refractivity contribution in [2.45, 2.75) is 13.0 Å². The smallest absolute Gasteiger partial charge is 0.258 e. The minimum atomic E-state index is -1.40. The maximum Gasteiger partial charge on any atom is 0.258 e. The third-order valence-electron chi connectivity index (χ3n) is 2.33. The molecule has 0 spiro atoms. The minimum Gasteiger partial charge on any atom is -0.494 e. The number of nitrogens with two attached hydrogens (primary N) is 1. The van der Waals surface area contributed by atoms with E-state index in [2.05, 4.69) is 5.32 Å². The summed E-state index contributed by atoms with van der Waals surface area (Å²) in [4.78, 5) is 21.9. The second kappa shape index (κ2) is 8.00. The molecule has 7 heteroatoms. The average molecular weight is 282 g/mol. The predicted molar refractivity (Wildman–Crippen MR) is 71.3 cm³/mol. The van der Waals surface area contributed by atoms with Gasteiger partial charge in [0, 0.05) is 0 Å². The Morgan fingerprint density at radius 2 is 1.80 bits per heavy atom. The number of hydrogen-bond donors (Lipinski definition) is 3. The van der Waals surface area contributed by atoms with E-state index in [1.807, 2.05) is 6.92 Å². The van der Waals surface area contributed by atoms with Crippen molar-refractivity contribution in [1.82, 2.24) is 5.32 Å². The molecule has 0 aliphatic carbocycles. The SMILES string of the molecule is CCOc1ccc(OCC(=O)NCC(O)C(N)=O)cc1. The second-order valence-corrected chi connectivity index (χ2v) is 3.92. The number of hydrogen-bond acceptors (Lipinski definition) is 5. The van der Waals surface area contributed by atoms with Crippen LogP contribution in [-0.4, -0.2) is 42.8 Å². The first-order valence-electron chi connectivity index (χ1n) is 6.12. The van der Waals surface area contributed by atoms with Gasteiger partial charge in [-0.1, -0.05) is 0 Å². The first kappa shape index (κ1) is 15.8. The van der Waals surface area contributed by atoms with Gasteiger partial charge in [-0.15, -0.1) is 0 Å². The lowest BCUT2D eigenvalue weighted by atomic mass is 10.3. The molecule has 1 aromatic rings. The van der Waals surface area contributed by atoms with E-state index in [0.29, 0.717) is 18.1 Å². The summed E-state index contributed by atoms with van der Waals surface area (Å²) in [6, 6.07) is 6.81. The Labute approximate surface area is 116 Å². The van der Waals surface area contributed by atoms with Gasteiger partial charge in [-0.25, -0.2) is 0 Å². The van der Waals surface area contributed by atoms with Crippen molar-refractivity contribution in [1.29, 1.82) is 0 Å². The van der Waals surface area contributed by atoms with Crippen LogP contribution >= 0.6 is 0 Å². The van der Waals surface area contributed by atoms with Gasteiger partial charge >= 0.3 is 0 Å². The van der Waals surface area contributed by atoms with E-state index in [4.69, 9.17) is 20.3 Å². The lowest BCUT2D eigenvalue weighted by Gasteiger charge is -2.10. The van der Waals surface area contributed by atoms with Crippen molar-refractivity contribution >= 4 is 11.8 Å². The zero-order valence-corrected chi connectivity index (χ0v) is 11.2. The van der Waals surface area contributed by atoms with Crippen LogP contribution in [0.1, 0.15) is 6.92 Å². The molecule has 4 N–H and O–H groups in total. The number of amides is 2. The third-order valence-corrected chi connectivity index (χ3v) is 2.33. The van der Waals surface area contributed by atoms with Crippen molar-refractivity contribution in [3.63, 3.8) is 0 Å². The summed E-state index contributed by atoms with van der Waals surface area (Å²) >= 11 is 0. The van der Waals surface area contributed by atoms with Gasteiger partial charge in [-0.05, 0) is 31.2 Å². The van der Waals surface area contributed by atoms with Crippen LogP contribution in [0.3, 0.4) is 0 Å². The third kappa shape index (κ3) is 5.57. The Kier molecular flexibility index (Phi) is 6.31. The van der Waals surface area contributed by atoms with Crippen LogP contribution in [0, 0.1) is 0 Å². The maximum atomic E-state index is 11.4. The summed E-state index contributed by atoms with van der Waals surface area (Å²) in [7, 11) is 0. The predicted octanol–water partition coefficient (Wildman–Crippen LogP) is -0.573. The van der Waals surface area contributed by atoms with E-state index in [1.165, 1.54) is 0 Å². The van der Waals surface area contributed by atoms with Gasteiger partial charge in [0.15, 0.2) is 6.61 Å². The quantitative estimate of drug-likeness (QED) is 0.591. The van der Waals surface area contributed by atoms with Crippen molar-refractivity contribution in [3.05, 3.63) is 24.3 Å². The Morgan fingerprint density at radius 1 is 1.25 bits per heavy atom. The van der Waals surface area contributed by atoms with Gasteiger partial charge in [-0.2, -0.15) is 0 Å². The number of aliphatic hydroxyl groups excluding tert-OH is 1. The number of carbonyl (C=O) groups excluding carboxylic acids is 2. The van der Waals surface area contributed by atoms with Gasteiger partial charge in [0.25, 0.3) is 5.91 Å². The molecule has 1 unspecified atom stereocenters. The summed E-state index contributed by atoms with van der Waals surface area (Å²) in [5.41, 5.74) is 4.84. The summed E-state index contributed by atoms with van der Waals surface area (Å²) in [6.07, 6.45) is -1.40. The van der Waals surface area contributed by atoms with E-state index in [-0.39, 0.29) is 13.2 Å². The number of carbonyl (C=O) groups is 2. The molecule has 1 rings (SSSR count). The molecule has 0 aromatic heterocycles. The van der Waals surface area contributed by atoms with E-state index in [0.717, 1.165) is 0 Å². The zero-order chi connectivity index (χ0) is 15.0. The monoisotopic (exact) mass is 282 g/mol. The highest BCUT2D eigenvalue weighted by molar-refractivity contribution is 5.81. The fraction of sp³-hybridized carbons (Fsp3) is 0.385. The van der Waals surface area contributed by atoms with Crippen LogP contribution < -0.4 is 20.5 Å². The Bertz CT molecular complexity index is 447. The minimum absolute atomic E-state index is 0.223. The molecule has 0 heterocycles. The fourth-order valence-electron chi connectivity index (χ4n) is 1.31.